The third-order valence-corrected chi connectivity index (χ3v) is 4.80. The van der Waals surface area contributed by atoms with Crippen LogP contribution in [0.3, 0.4) is 0 Å². The van der Waals surface area contributed by atoms with E-state index in [0.717, 1.165) is 23.4 Å². The minimum atomic E-state index is -0.320. The summed E-state index contributed by atoms with van der Waals surface area (Å²) in [4.78, 5) is 27.6. The lowest BCUT2D eigenvalue weighted by atomic mass is 10.0. The van der Waals surface area contributed by atoms with E-state index in [1.54, 1.807) is 7.11 Å². The Kier molecular flexibility index (Phi) is 7.25. The number of methoxy groups -OCH3 is 1. The Balaban J connectivity index is 1.94. The lowest BCUT2D eigenvalue weighted by Gasteiger charge is -2.15. The zero-order chi connectivity index (χ0) is 21.5. The fourth-order valence-corrected chi connectivity index (χ4v) is 3.33. The van der Waals surface area contributed by atoms with Gasteiger partial charge in [0, 0.05) is 25.9 Å². The molecule has 30 heavy (non-hydrogen) atoms. The van der Waals surface area contributed by atoms with E-state index in [0.29, 0.717) is 43.0 Å². The molecular weight excluding hydrogens is 380 g/mol. The summed E-state index contributed by atoms with van der Waals surface area (Å²) in [6, 6.07) is 15.0. The van der Waals surface area contributed by atoms with Crippen molar-refractivity contribution in [3.63, 3.8) is 0 Å². The van der Waals surface area contributed by atoms with Crippen molar-refractivity contribution in [2.24, 2.45) is 0 Å². The molecule has 1 aliphatic heterocycles. The van der Waals surface area contributed by atoms with Crippen LogP contribution in [0.4, 0.5) is 5.69 Å². The summed E-state index contributed by atoms with van der Waals surface area (Å²) in [5.41, 5.74) is 3.19. The Morgan fingerprint density at radius 3 is 2.43 bits per heavy atom. The van der Waals surface area contributed by atoms with Gasteiger partial charge in [0.2, 0.25) is 0 Å². The number of hydrogen-bond donors (Lipinski definition) is 1. The molecule has 6 heteroatoms. The molecule has 0 radical (unpaired) electrons. The van der Waals surface area contributed by atoms with E-state index in [2.05, 4.69) is 5.32 Å². The normalized spacial score (nSPS) is 13.9. The first-order chi connectivity index (χ1) is 14.5. The zero-order valence-corrected chi connectivity index (χ0v) is 17.7. The van der Waals surface area contributed by atoms with Crippen molar-refractivity contribution in [1.82, 2.24) is 4.90 Å². The summed E-state index contributed by atoms with van der Waals surface area (Å²) in [6.07, 6.45) is 1.50. The SMILES string of the molecule is CCCOc1ccc(C2=C(Nc3cccc(C)c3)C(=O)N(CCCOC)C2=O)cc1. The maximum absolute atomic E-state index is 13.2. The van der Waals surface area contributed by atoms with Gasteiger partial charge in [-0.2, -0.15) is 0 Å². The van der Waals surface area contributed by atoms with E-state index >= 15 is 0 Å². The van der Waals surface area contributed by atoms with Crippen LogP contribution >= 0.6 is 0 Å². The molecule has 0 spiro atoms. The van der Waals surface area contributed by atoms with Crippen molar-refractivity contribution in [3.05, 3.63) is 65.4 Å². The van der Waals surface area contributed by atoms with Gasteiger partial charge in [0.1, 0.15) is 11.4 Å². The van der Waals surface area contributed by atoms with Crippen LogP contribution in [0.25, 0.3) is 5.57 Å². The van der Waals surface area contributed by atoms with E-state index in [4.69, 9.17) is 9.47 Å². The average molecular weight is 408 g/mol. The first kappa shape index (κ1) is 21.6. The summed E-state index contributed by atoms with van der Waals surface area (Å²) >= 11 is 0. The van der Waals surface area contributed by atoms with Crippen LogP contribution in [-0.2, 0) is 14.3 Å². The molecule has 2 amide bonds. The number of hydrogen-bond acceptors (Lipinski definition) is 5. The number of amides is 2. The average Bonchev–Trinajstić information content (AvgIpc) is 2.97. The number of carbonyl (C=O) groups excluding carboxylic acids is 2. The highest BCUT2D eigenvalue weighted by atomic mass is 16.5. The summed E-state index contributed by atoms with van der Waals surface area (Å²) < 4.78 is 10.7. The standard InChI is InChI=1S/C24H28N2O4/c1-4-14-30-20-11-9-18(10-12-20)21-22(25-19-8-5-7-17(2)16-19)24(28)26(23(21)27)13-6-15-29-3/h5,7-12,16,25H,4,6,13-15H2,1-3H3. The number of rotatable bonds is 10. The van der Waals surface area contributed by atoms with Crippen LogP contribution in [0.2, 0.25) is 0 Å². The zero-order valence-electron chi connectivity index (χ0n) is 17.7. The molecule has 0 aromatic heterocycles. The van der Waals surface area contributed by atoms with Gasteiger partial charge in [-0.3, -0.25) is 14.5 Å². The number of aryl methyl sites for hydroxylation is 1. The Hall–Kier alpha value is -3.12. The van der Waals surface area contributed by atoms with Gasteiger partial charge in [-0.25, -0.2) is 0 Å². The van der Waals surface area contributed by atoms with Gasteiger partial charge in [-0.15, -0.1) is 0 Å². The lowest BCUT2D eigenvalue weighted by molar-refractivity contribution is -0.136. The Labute approximate surface area is 177 Å². The molecule has 0 aliphatic carbocycles. The number of nitrogens with zero attached hydrogens (tertiary/aromatic N) is 1. The van der Waals surface area contributed by atoms with Gasteiger partial charge in [0.25, 0.3) is 11.8 Å². The molecule has 0 fully saturated rings. The van der Waals surface area contributed by atoms with Gasteiger partial charge in [-0.05, 0) is 55.2 Å². The molecule has 0 atom stereocenters. The molecule has 0 unspecified atom stereocenters. The quantitative estimate of drug-likeness (QED) is 0.475. The van der Waals surface area contributed by atoms with Crippen LogP contribution in [0.1, 0.15) is 30.9 Å². The molecule has 2 aromatic rings. The summed E-state index contributed by atoms with van der Waals surface area (Å²) in [7, 11) is 1.60. The minimum Gasteiger partial charge on any atom is -0.494 e. The maximum atomic E-state index is 13.2. The van der Waals surface area contributed by atoms with E-state index in [1.165, 1.54) is 4.90 Å². The van der Waals surface area contributed by atoms with Crippen molar-refractivity contribution in [2.45, 2.75) is 26.7 Å². The van der Waals surface area contributed by atoms with Crippen LogP contribution in [0, 0.1) is 6.92 Å². The van der Waals surface area contributed by atoms with Gasteiger partial charge in [0.15, 0.2) is 0 Å². The number of imide groups is 1. The fourth-order valence-electron chi connectivity index (χ4n) is 3.33. The molecular formula is C24H28N2O4. The number of benzene rings is 2. The minimum absolute atomic E-state index is 0.297. The second kappa shape index (κ2) is 10.1. The van der Waals surface area contributed by atoms with Gasteiger partial charge in [0.05, 0.1) is 12.2 Å². The highest BCUT2D eigenvalue weighted by molar-refractivity contribution is 6.36. The van der Waals surface area contributed by atoms with Gasteiger partial charge < -0.3 is 14.8 Å². The maximum Gasteiger partial charge on any atom is 0.278 e. The van der Waals surface area contributed by atoms with Crippen molar-refractivity contribution in [2.75, 3.05) is 32.2 Å². The molecule has 0 saturated heterocycles. The third-order valence-electron chi connectivity index (χ3n) is 4.80. The Morgan fingerprint density at radius 2 is 1.77 bits per heavy atom. The highest BCUT2D eigenvalue weighted by Gasteiger charge is 2.38. The largest absolute Gasteiger partial charge is 0.494 e. The van der Waals surface area contributed by atoms with Crippen molar-refractivity contribution < 1.29 is 19.1 Å². The number of nitrogens with one attached hydrogen (secondary N) is 1. The summed E-state index contributed by atoms with van der Waals surface area (Å²) in [6.45, 7) is 5.45. The fraction of sp³-hybridized carbons (Fsp3) is 0.333. The molecule has 2 aromatic carbocycles. The predicted molar refractivity (Wildman–Crippen MR) is 117 cm³/mol. The molecule has 0 bridgehead atoms. The Bertz CT molecular complexity index is 934. The van der Waals surface area contributed by atoms with E-state index in [-0.39, 0.29) is 11.8 Å². The first-order valence-electron chi connectivity index (χ1n) is 10.2. The molecule has 1 aliphatic rings. The molecule has 158 valence electrons. The molecule has 1 heterocycles. The van der Waals surface area contributed by atoms with Crippen LogP contribution in [-0.4, -0.2) is 43.6 Å². The van der Waals surface area contributed by atoms with Gasteiger partial charge in [-0.1, -0.05) is 31.2 Å². The first-order valence-corrected chi connectivity index (χ1v) is 10.2. The van der Waals surface area contributed by atoms with Crippen molar-refractivity contribution in [3.8, 4) is 5.75 Å². The van der Waals surface area contributed by atoms with E-state index in [9.17, 15) is 9.59 Å². The number of anilines is 1. The third kappa shape index (κ3) is 4.89. The van der Waals surface area contributed by atoms with Crippen LogP contribution in [0.15, 0.2) is 54.2 Å². The number of carbonyl (C=O) groups is 2. The number of ether oxygens (including phenoxy) is 2. The molecule has 1 N–H and O–H groups in total. The monoisotopic (exact) mass is 408 g/mol. The topological polar surface area (TPSA) is 67.9 Å². The van der Waals surface area contributed by atoms with Gasteiger partial charge >= 0.3 is 0 Å². The highest BCUT2D eigenvalue weighted by Crippen LogP contribution is 2.31. The molecule has 6 nitrogen and oxygen atoms in total. The second-order valence-corrected chi connectivity index (χ2v) is 7.23. The van der Waals surface area contributed by atoms with E-state index < -0.39 is 0 Å². The Morgan fingerprint density at radius 1 is 1.00 bits per heavy atom. The summed E-state index contributed by atoms with van der Waals surface area (Å²) in [5.74, 6) is 0.121. The van der Waals surface area contributed by atoms with Crippen molar-refractivity contribution in [1.29, 1.82) is 0 Å². The van der Waals surface area contributed by atoms with Crippen molar-refractivity contribution >= 4 is 23.1 Å². The smallest absolute Gasteiger partial charge is 0.278 e. The molecule has 3 rings (SSSR count). The van der Waals surface area contributed by atoms with Crippen LogP contribution < -0.4 is 10.1 Å². The molecule has 0 saturated carbocycles. The second-order valence-electron chi connectivity index (χ2n) is 7.23. The predicted octanol–water partition coefficient (Wildman–Crippen LogP) is 4.01. The summed E-state index contributed by atoms with van der Waals surface area (Å²) in [5, 5.41) is 3.18. The van der Waals surface area contributed by atoms with Crippen LogP contribution in [0.5, 0.6) is 5.75 Å². The van der Waals surface area contributed by atoms with E-state index in [1.807, 2.05) is 62.4 Å². The lowest BCUT2D eigenvalue weighted by Crippen LogP contribution is -2.33.